The number of rotatable bonds is 11. The van der Waals surface area contributed by atoms with Crippen LogP contribution in [-0.4, -0.2) is 36.4 Å². The third-order valence-corrected chi connectivity index (χ3v) is 7.49. The van der Waals surface area contributed by atoms with E-state index < -0.39 is 17.9 Å². The topological polar surface area (TPSA) is 110 Å². The van der Waals surface area contributed by atoms with E-state index in [1.165, 1.54) is 6.21 Å². The van der Waals surface area contributed by atoms with Gasteiger partial charge in [0.2, 0.25) is 0 Å². The Morgan fingerprint density at radius 2 is 1.86 bits per heavy atom. The van der Waals surface area contributed by atoms with Gasteiger partial charge in [0.1, 0.15) is 18.1 Å². The lowest BCUT2D eigenvalue weighted by atomic mass is 9.95. The minimum atomic E-state index is -0.622. The zero-order valence-electron chi connectivity index (χ0n) is 22.8. The minimum absolute atomic E-state index is 0.228. The highest BCUT2D eigenvalue weighted by molar-refractivity contribution is 14.1. The molecule has 42 heavy (non-hydrogen) atoms. The first-order valence-electron chi connectivity index (χ1n) is 12.9. The molecule has 0 aliphatic carbocycles. The quantitative estimate of drug-likeness (QED) is 0.0772. The lowest BCUT2D eigenvalue weighted by Crippen LogP contribution is -2.45. The van der Waals surface area contributed by atoms with Crippen molar-refractivity contribution in [3.8, 4) is 11.5 Å². The van der Waals surface area contributed by atoms with Crippen LogP contribution in [0.25, 0.3) is 0 Å². The second-order valence-electron chi connectivity index (χ2n) is 8.99. The second kappa shape index (κ2) is 15.1. The second-order valence-corrected chi connectivity index (χ2v) is 11.5. The van der Waals surface area contributed by atoms with E-state index in [1.807, 2.05) is 48.5 Å². The molecule has 0 bridgehead atoms. The van der Waals surface area contributed by atoms with Crippen molar-refractivity contribution < 1.29 is 23.8 Å². The van der Waals surface area contributed by atoms with Crippen LogP contribution in [0.2, 0.25) is 0 Å². The molecule has 12 heteroatoms. The molecule has 0 saturated heterocycles. The third-order valence-electron chi connectivity index (χ3n) is 6.01. The molecule has 0 spiro atoms. The lowest BCUT2D eigenvalue weighted by molar-refractivity contribution is -0.139. The molecule has 1 heterocycles. The minimum Gasteiger partial charge on any atom is -0.487 e. The summed E-state index contributed by atoms with van der Waals surface area (Å²) >= 11 is 11.0. The molecule has 1 aliphatic heterocycles. The highest BCUT2D eigenvalue weighted by Crippen LogP contribution is 2.34. The smallest absolute Gasteiger partial charge is 0.338 e. The summed E-state index contributed by atoms with van der Waals surface area (Å²) in [4.78, 5) is 25.4. The largest absolute Gasteiger partial charge is 0.487 e. The maximum Gasteiger partial charge on any atom is 0.338 e. The Balaban J connectivity index is 1.43. The number of carbonyl (C=O) groups excluding carboxylic acids is 2. The Hall–Kier alpha value is -3.49. The molecule has 218 valence electrons. The van der Waals surface area contributed by atoms with Crippen molar-refractivity contribution in [2.75, 3.05) is 13.2 Å². The predicted octanol–water partition coefficient (Wildman–Crippen LogP) is 5.52. The number of benzene rings is 3. The summed E-state index contributed by atoms with van der Waals surface area (Å²) < 4.78 is 19.0. The number of amides is 1. The fraction of sp³-hybridized carbons (Fsp3) is 0.200. The van der Waals surface area contributed by atoms with Gasteiger partial charge in [-0.05, 0) is 72.4 Å². The number of esters is 1. The first-order chi connectivity index (χ1) is 20.3. The van der Waals surface area contributed by atoms with E-state index in [-0.39, 0.29) is 13.2 Å². The zero-order chi connectivity index (χ0) is 30.1. The van der Waals surface area contributed by atoms with Crippen molar-refractivity contribution in [1.82, 2.24) is 16.1 Å². The SMILES string of the molecule is CCOC(=O)C1=C(C)NC(=S)N[C@H]1c1ccccc1OCC(=O)NN=Cc1cc(Br)cc(I)c1OCc1ccccc1. The van der Waals surface area contributed by atoms with E-state index in [9.17, 15) is 9.59 Å². The molecule has 1 amide bonds. The van der Waals surface area contributed by atoms with Crippen molar-refractivity contribution in [3.63, 3.8) is 0 Å². The van der Waals surface area contributed by atoms with Crippen LogP contribution in [0.15, 0.2) is 87.6 Å². The Morgan fingerprint density at radius 1 is 1.12 bits per heavy atom. The number of ether oxygens (including phenoxy) is 3. The predicted molar refractivity (Wildman–Crippen MR) is 176 cm³/mol. The van der Waals surface area contributed by atoms with Crippen molar-refractivity contribution in [3.05, 3.63) is 103 Å². The number of halogens is 2. The van der Waals surface area contributed by atoms with E-state index in [0.717, 1.165) is 13.6 Å². The fourth-order valence-corrected chi connectivity index (χ4v) is 6.14. The first-order valence-corrected chi connectivity index (χ1v) is 15.2. The highest BCUT2D eigenvalue weighted by Gasteiger charge is 2.32. The van der Waals surface area contributed by atoms with E-state index in [0.29, 0.717) is 45.6 Å². The van der Waals surface area contributed by atoms with Crippen LogP contribution in [0.1, 0.15) is 36.6 Å². The van der Waals surface area contributed by atoms with Gasteiger partial charge in [-0.25, -0.2) is 10.2 Å². The van der Waals surface area contributed by atoms with Crippen LogP contribution < -0.4 is 25.5 Å². The lowest BCUT2D eigenvalue weighted by Gasteiger charge is -2.30. The van der Waals surface area contributed by atoms with E-state index in [4.69, 9.17) is 26.4 Å². The van der Waals surface area contributed by atoms with Gasteiger partial charge < -0.3 is 24.8 Å². The monoisotopic (exact) mass is 762 g/mol. The van der Waals surface area contributed by atoms with Crippen molar-refractivity contribution in [2.24, 2.45) is 5.10 Å². The summed E-state index contributed by atoms with van der Waals surface area (Å²) in [6.07, 6.45) is 1.53. The van der Waals surface area contributed by atoms with Gasteiger partial charge in [-0.2, -0.15) is 5.10 Å². The fourth-order valence-electron chi connectivity index (χ4n) is 4.16. The van der Waals surface area contributed by atoms with Crippen LogP contribution >= 0.6 is 50.7 Å². The van der Waals surface area contributed by atoms with Gasteiger partial charge in [0, 0.05) is 21.3 Å². The zero-order valence-corrected chi connectivity index (χ0v) is 27.3. The Kier molecular flexibility index (Phi) is 11.3. The summed E-state index contributed by atoms with van der Waals surface area (Å²) in [5.74, 6) is 0.118. The Morgan fingerprint density at radius 3 is 2.62 bits per heavy atom. The molecule has 0 unspecified atom stereocenters. The average Bonchev–Trinajstić information content (AvgIpc) is 2.96. The summed E-state index contributed by atoms with van der Waals surface area (Å²) in [5, 5.41) is 10.6. The normalized spacial score (nSPS) is 14.7. The van der Waals surface area contributed by atoms with Crippen LogP contribution in [0, 0.1) is 3.57 Å². The molecule has 3 aromatic rings. The number of nitrogens with zero attached hydrogens (tertiary/aromatic N) is 1. The number of hydrogen-bond acceptors (Lipinski definition) is 7. The molecular formula is C30H28BrIN4O5S. The van der Waals surface area contributed by atoms with E-state index in [2.05, 4.69) is 59.7 Å². The van der Waals surface area contributed by atoms with Crippen LogP contribution in [0.4, 0.5) is 0 Å². The number of para-hydroxylation sites is 1. The number of thiocarbonyl (C=S) groups is 1. The molecule has 1 atom stereocenters. The van der Waals surface area contributed by atoms with Crippen LogP contribution in [-0.2, 0) is 20.9 Å². The average molecular weight is 763 g/mol. The van der Waals surface area contributed by atoms with Crippen molar-refractivity contribution in [2.45, 2.75) is 26.5 Å². The van der Waals surface area contributed by atoms with E-state index in [1.54, 1.807) is 32.0 Å². The van der Waals surface area contributed by atoms with Gasteiger partial charge in [0.25, 0.3) is 5.91 Å². The highest BCUT2D eigenvalue weighted by atomic mass is 127. The molecule has 0 fully saturated rings. The van der Waals surface area contributed by atoms with Gasteiger partial charge >= 0.3 is 5.97 Å². The van der Waals surface area contributed by atoms with Crippen molar-refractivity contribution in [1.29, 1.82) is 0 Å². The molecular weight excluding hydrogens is 735 g/mol. The molecule has 0 aromatic heterocycles. The van der Waals surface area contributed by atoms with Crippen molar-refractivity contribution >= 4 is 73.9 Å². The van der Waals surface area contributed by atoms with Crippen LogP contribution in [0.5, 0.6) is 11.5 Å². The number of allylic oxidation sites excluding steroid dienone is 1. The molecule has 4 rings (SSSR count). The Labute approximate surface area is 271 Å². The molecule has 3 aromatic carbocycles. The third kappa shape index (κ3) is 8.29. The number of nitrogens with one attached hydrogen (secondary N) is 3. The number of carbonyl (C=O) groups is 2. The maximum absolute atomic E-state index is 12.8. The van der Waals surface area contributed by atoms with Gasteiger partial charge in [-0.3, -0.25) is 4.79 Å². The maximum atomic E-state index is 12.8. The van der Waals surface area contributed by atoms with Gasteiger partial charge in [0.15, 0.2) is 11.7 Å². The Bertz CT molecular complexity index is 1530. The molecule has 3 N–H and O–H groups in total. The standard InChI is InChI=1S/C30H28BrIN4O5S/c1-3-39-29(38)26-18(2)34-30(42)35-27(26)22-11-7-8-12-24(22)40-17-25(37)36-33-15-20-13-21(31)14-23(32)28(20)41-16-19-9-5-4-6-10-19/h4-15,27H,3,16-17H2,1-2H3,(H,36,37)(H2,34,35,42)/t27-/m0/s1. The summed E-state index contributed by atoms with van der Waals surface area (Å²) in [6.45, 7) is 3.80. The summed E-state index contributed by atoms with van der Waals surface area (Å²) in [6, 6.07) is 20.1. The molecule has 9 nitrogen and oxygen atoms in total. The number of hydrazone groups is 1. The van der Waals surface area contributed by atoms with Gasteiger partial charge in [0.05, 0.1) is 28.0 Å². The summed E-state index contributed by atoms with van der Waals surface area (Å²) in [5.41, 5.74) is 5.82. The molecule has 0 saturated carbocycles. The van der Waals surface area contributed by atoms with Gasteiger partial charge in [-0.1, -0.05) is 64.5 Å². The van der Waals surface area contributed by atoms with E-state index >= 15 is 0 Å². The molecule has 1 aliphatic rings. The first kappa shape index (κ1) is 31.4. The van der Waals surface area contributed by atoms with Gasteiger partial charge in [-0.15, -0.1) is 0 Å². The van der Waals surface area contributed by atoms with Crippen LogP contribution in [0.3, 0.4) is 0 Å². The molecule has 0 radical (unpaired) electrons. The summed E-state index contributed by atoms with van der Waals surface area (Å²) in [7, 11) is 0. The number of hydrogen-bond donors (Lipinski definition) is 3.